The molecule has 2 aromatic carbocycles. The number of anilines is 1. The Morgan fingerprint density at radius 3 is 2.60 bits per heavy atom. The number of nitro benzene ring substituents is 1. The van der Waals surface area contributed by atoms with Crippen LogP contribution in [0.1, 0.15) is 28.8 Å². The molecule has 3 rings (SSSR count). The molecule has 1 heterocycles. The van der Waals surface area contributed by atoms with Crippen LogP contribution in [0.3, 0.4) is 0 Å². The molecule has 1 saturated heterocycles. The summed E-state index contributed by atoms with van der Waals surface area (Å²) < 4.78 is 11.0. The highest BCUT2D eigenvalue weighted by atomic mass is 16.6. The maximum absolute atomic E-state index is 12.7. The predicted molar refractivity (Wildman–Crippen MR) is 114 cm³/mol. The minimum Gasteiger partial charge on any atom is -0.494 e. The average molecular weight is 413 g/mol. The normalized spacial score (nSPS) is 13.7. The first kappa shape index (κ1) is 21.6. The van der Waals surface area contributed by atoms with Crippen LogP contribution in [0.4, 0.5) is 11.4 Å². The Bertz CT molecular complexity index is 864. The predicted octanol–water partition coefficient (Wildman–Crippen LogP) is 3.33. The van der Waals surface area contributed by atoms with E-state index in [1.807, 2.05) is 36.1 Å². The topological polar surface area (TPSA) is 93.9 Å². The third-order valence-corrected chi connectivity index (χ3v) is 4.93. The molecule has 0 atom stereocenters. The number of unbranched alkanes of at least 4 members (excludes halogenated alkanes) is 1. The van der Waals surface area contributed by atoms with Gasteiger partial charge in [0.05, 0.1) is 36.0 Å². The lowest BCUT2D eigenvalue weighted by Gasteiger charge is -2.30. The zero-order valence-electron chi connectivity index (χ0n) is 17.1. The quantitative estimate of drug-likeness (QED) is 0.385. The molecule has 1 amide bonds. The van der Waals surface area contributed by atoms with Crippen molar-refractivity contribution in [3.63, 3.8) is 0 Å². The molecule has 0 aromatic heterocycles. The highest BCUT2D eigenvalue weighted by Crippen LogP contribution is 2.26. The van der Waals surface area contributed by atoms with Gasteiger partial charge < -0.3 is 19.7 Å². The lowest BCUT2D eigenvalue weighted by molar-refractivity contribution is -0.384. The van der Waals surface area contributed by atoms with Crippen molar-refractivity contribution in [1.29, 1.82) is 0 Å². The number of hydrogen-bond donors (Lipinski definition) is 1. The Labute approximate surface area is 175 Å². The number of carbonyl (C=O) groups excluding carboxylic acids is 1. The molecule has 30 heavy (non-hydrogen) atoms. The molecule has 0 unspecified atom stereocenters. The second-order valence-corrected chi connectivity index (χ2v) is 7.18. The van der Waals surface area contributed by atoms with Gasteiger partial charge in [-0.1, -0.05) is 17.7 Å². The van der Waals surface area contributed by atoms with Crippen LogP contribution in [0.2, 0.25) is 0 Å². The summed E-state index contributed by atoms with van der Waals surface area (Å²) in [5, 5.41) is 14.0. The van der Waals surface area contributed by atoms with E-state index >= 15 is 0 Å². The zero-order valence-corrected chi connectivity index (χ0v) is 17.1. The number of ether oxygens (including phenoxy) is 2. The molecule has 0 bridgehead atoms. The first-order valence-electron chi connectivity index (χ1n) is 10.1. The van der Waals surface area contributed by atoms with E-state index in [4.69, 9.17) is 9.47 Å². The Kier molecular flexibility index (Phi) is 7.62. The average Bonchev–Trinajstić information content (AvgIpc) is 2.77. The molecule has 0 radical (unpaired) electrons. The van der Waals surface area contributed by atoms with Gasteiger partial charge in [0.25, 0.3) is 11.6 Å². The molecule has 0 aliphatic carbocycles. The maximum atomic E-state index is 12.7. The number of benzene rings is 2. The van der Waals surface area contributed by atoms with Gasteiger partial charge in [-0.15, -0.1) is 0 Å². The van der Waals surface area contributed by atoms with Crippen LogP contribution < -0.4 is 15.0 Å². The van der Waals surface area contributed by atoms with Crippen LogP contribution in [0.15, 0.2) is 42.5 Å². The summed E-state index contributed by atoms with van der Waals surface area (Å²) in [5.41, 5.74) is 2.11. The number of hydrogen-bond acceptors (Lipinski definition) is 6. The standard InChI is InChI=1S/C22H27N3O5/c1-17-4-7-19(8-5-17)30-13-3-2-10-23-22(26)20-16-18(25(27)28)6-9-21(20)24-11-14-29-15-12-24/h4-9,16H,2-3,10-15H2,1H3,(H,23,26). The number of nitrogens with one attached hydrogen (secondary N) is 1. The monoisotopic (exact) mass is 413 g/mol. The lowest BCUT2D eigenvalue weighted by Crippen LogP contribution is -2.38. The summed E-state index contributed by atoms with van der Waals surface area (Å²) in [6.45, 7) is 5.50. The summed E-state index contributed by atoms with van der Waals surface area (Å²) in [5.74, 6) is 0.524. The Balaban J connectivity index is 1.52. The van der Waals surface area contributed by atoms with Crippen molar-refractivity contribution in [3.8, 4) is 5.75 Å². The van der Waals surface area contributed by atoms with Crippen molar-refractivity contribution in [2.24, 2.45) is 0 Å². The van der Waals surface area contributed by atoms with E-state index in [-0.39, 0.29) is 11.6 Å². The molecule has 0 saturated carbocycles. The molecule has 1 aliphatic heterocycles. The smallest absolute Gasteiger partial charge is 0.270 e. The van der Waals surface area contributed by atoms with Gasteiger partial charge in [0.2, 0.25) is 0 Å². The molecule has 1 N–H and O–H groups in total. The molecule has 8 nitrogen and oxygen atoms in total. The molecule has 8 heteroatoms. The molecule has 0 spiro atoms. The largest absolute Gasteiger partial charge is 0.494 e. The molecular formula is C22H27N3O5. The van der Waals surface area contributed by atoms with Crippen molar-refractivity contribution in [3.05, 3.63) is 63.7 Å². The van der Waals surface area contributed by atoms with E-state index < -0.39 is 4.92 Å². The van der Waals surface area contributed by atoms with Gasteiger partial charge in [-0.05, 0) is 38.0 Å². The molecule has 2 aromatic rings. The van der Waals surface area contributed by atoms with Crippen LogP contribution in [-0.4, -0.2) is 50.3 Å². The highest BCUT2D eigenvalue weighted by molar-refractivity contribution is 6.00. The summed E-state index contributed by atoms with van der Waals surface area (Å²) in [4.78, 5) is 25.4. The second kappa shape index (κ2) is 10.6. The van der Waals surface area contributed by atoms with Gasteiger partial charge in [-0.25, -0.2) is 0 Å². The summed E-state index contributed by atoms with van der Waals surface area (Å²) in [7, 11) is 0. The summed E-state index contributed by atoms with van der Waals surface area (Å²) in [6.07, 6.45) is 1.54. The zero-order chi connectivity index (χ0) is 21.3. The van der Waals surface area contributed by atoms with Crippen molar-refractivity contribution in [2.45, 2.75) is 19.8 Å². The van der Waals surface area contributed by atoms with Gasteiger partial charge in [0, 0.05) is 31.8 Å². The molecule has 1 aliphatic rings. The van der Waals surface area contributed by atoms with Crippen molar-refractivity contribution < 1.29 is 19.2 Å². The molecule has 160 valence electrons. The molecule has 1 fully saturated rings. The second-order valence-electron chi connectivity index (χ2n) is 7.18. The Hall–Kier alpha value is -3.13. The van der Waals surface area contributed by atoms with Crippen LogP contribution in [0.5, 0.6) is 5.75 Å². The minimum absolute atomic E-state index is 0.0938. The minimum atomic E-state index is -0.484. The molecular weight excluding hydrogens is 386 g/mol. The fourth-order valence-electron chi connectivity index (χ4n) is 3.25. The van der Waals surface area contributed by atoms with Gasteiger partial charge >= 0.3 is 0 Å². The Morgan fingerprint density at radius 1 is 1.17 bits per heavy atom. The number of nitro groups is 1. The number of morpholine rings is 1. The number of rotatable bonds is 9. The maximum Gasteiger partial charge on any atom is 0.270 e. The van der Waals surface area contributed by atoms with Gasteiger partial charge in [0.1, 0.15) is 5.75 Å². The van der Waals surface area contributed by atoms with Crippen LogP contribution in [-0.2, 0) is 4.74 Å². The number of carbonyl (C=O) groups is 1. The fourth-order valence-corrected chi connectivity index (χ4v) is 3.25. The van der Waals surface area contributed by atoms with E-state index in [1.165, 1.54) is 17.7 Å². The van der Waals surface area contributed by atoms with Crippen molar-refractivity contribution in [2.75, 3.05) is 44.4 Å². The van der Waals surface area contributed by atoms with Crippen LogP contribution in [0.25, 0.3) is 0 Å². The third-order valence-electron chi connectivity index (χ3n) is 4.93. The first-order chi connectivity index (χ1) is 14.5. The third kappa shape index (κ3) is 5.93. The number of aryl methyl sites for hydroxylation is 1. The number of non-ortho nitro benzene ring substituents is 1. The number of amides is 1. The van der Waals surface area contributed by atoms with Crippen LogP contribution in [0, 0.1) is 17.0 Å². The van der Waals surface area contributed by atoms with Gasteiger partial charge in [-0.3, -0.25) is 14.9 Å². The van der Waals surface area contributed by atoms with Crippen molar-refractivity contribution in [1.82, 2.24) is 5.32 Å². The Morgan fingerprint density at radius 2 is 1.90 bits per heavy atom. The van der Waals surface area contributed by atoms with E-state index in [0.717, 1.165) is 18.6 Å². The van der Waals surface area contributed by atoms with E-state index in [0.29, 0.717) is 50.7 Å². The summed E-state index contributed by atoms with van der Waals surface area (Å²) in [6, 6.07) is 12.3. The first-order valence-corrected chi connectivity index (χ1v) is 10.1. The van der Waals surface area contributed by atoms with Crippen molar-refractivity contribution >= 4 is 17.3 Å². The van der Waals surface area contributed by atoms with Gasteiger partial charge in [-0.2, -0.15) is 0 Å². The van der Waals surface area contributed by atoms with E-state index in [9.17, 15) is 14.9 Å². The summed E-state index contributed by atoms with van der Waals surface area (Å²) >= 11 is 0. The lowest BCUT2D eigenvalue weighted by atomic mass is 10.1. The number of nitrogens with zero attached hydrogens (tertiary/aromatic N) is 2. The highest BCUT2D eigenvalue weighted by Gasteiger charge is 2.21. The van der Waals surface area contributed by atoms with Gasteiger partial charge in [0.15, 0.2) is 0 Å². The van der Waals surface area contributed by atoms with E-state index in [2.05, 4.69) is 5.32 Å². The SMILES string of the molecule is Cc1ccc(OCCCCNC(=O)c2cc([N+](=O)[O-])ccc2N2CCOCC2)cc1. The van der Waals surface area contributed by atoms with Crippen LogP contribution >= 0.6 is 0 Å². The van der Waals surface area contributed by atoms with E-state index in [1.54, 1.807) is 6.07 Å². The fraction of sp³-hybridized carbons (Fsp3) is 0.409.